The molecule has 25 heavy (non-hydrogen) atoms. The highest BCUT2D eigenvalue weighted by Gasteiger charge is 2.53. The Balaban J connectivity index is 2.10. The summed E-state index contributed by atoms with van der Waals surface area (Å²) in [5, 5.41) is 0.943. The fourth-order valence-electron chi connectivity index (χ4n) is 2.82. The molecule has 3 rings (SSSR count). The first-order chi connectivity index (χ1) is 11.4. The highest BCUT2D eigenvalue weighted by atomic mass is 16.7. The molecule has 1 saturated heterocycles. The summed E-state index contributed by atoms with van der Waals surface area (Å²) in [7, 11) is -0.634. The van der Waals surface area contributed by atoms with Crippen LogP contribution in [0.1, 0.15) is 48.5 Å². The number of benzene rings is 1. The summed E-state index contributed by atoms with van der Waals surface area (Å²) >= 11 is 0. The van der Waals surface area contributed by atoms with Crippen molar-refractivity contribution >= 4 is 29.7 Å². The molecule has 6 heteroatoms. The lowest BCUT2D eigenvalue weighted by Gasteiger charge is -2.32. The van der Waals surface area contributed by atoms with Gasteiger partial charge in [0.1, 0.15) is 5.60 Å². The molecule has 0 bridgehead atoms. The molecular formula is C19H26BNO4. The topological polar surface area (TPSA) is 49.7 Å². The molecule has 0 unspecified atom stereocenters. The van der Waals surface area contributed by atoms with Gasteiger partial charge in [-0.05, 0) is 66.0 Å². The summed E-state index contributed by atoms with van der Waals surface area (Å²) in [6, 6.07) is 9.63. The highest BCUT2D eigenvalue weighted by molar-refractivity contribution is 6.62. The zero-order chi connectivity index (χ0) is 18.6. The molecule has 134 valence electrons. The highest BCUT2D eigenvalue weighted by Crippen LogP contribution is 2.37. The first-order valence-corrected chi connectivity index (χ1v) is 8.61. The molecule has 2 heterocycles. The lowest BCUT2D eigenvalue weighted by Crippen LogP contribution is -2.43. The normalized spacial score (nSPS) is 19.4. The Morgan fingerprint density at radius 1 is 1.08 bits per heavy atom. The maximum Gasteiger partial charge on any atom is 0.513 e. The fourth-order valence-corrected chi connectivity index (χ4v) is 2.82. The van der Waals surface area contributed by atoms with Crippen LogP contribution in [0.25, 0.3) is 10.9 Å². The van der Waals surface area contributed by atoms with Crippen molar-refractivity contribution in [1.29, 1.82) is 0 Å². The molecule has 0 amide bonds. The lowest BCUT2D eigenvalue weighted by molar-refractivity contribution is 0.00578. The van der Waals surface area contributed by atoms with E-state index in [-0.39, 0.29) is 0 Å². The second-order valence-corrected chi connectivity index (χ2v) is 8.53. The van der Waals surface area contributed by atoms with E-state index in [1.54, 1.807) is 4.57 Å². The van der Waals surface area contributed by atoms with Gasteiger partial charge in [-0.15, -0.1) is 0 Å². The quantitative estimate of drug-likeness (QED) is 0.741. The number of fused-ring (bicyclic) bond motifs is 1. The third kappa shape index (κ3) is 3.21. The van der Waals surface area contributed by atoms with Crippen LogP contribution in [0.3, 0.4) is 0 Å². The molecule has 0 spiro atoms. The molecule has 1 aromatic carbocycles. The van der Waals surface area contributed by atoms with Crippen molar-refractivity contribution in [2.45, 2.75) is 65.3 Å². The average molecular weight is 343 g/mol. The molecule has 1 aliphatic heterocycles. The Bertz CT molecular complexity index is 800. The van der Waals surface area contributed by atoms with Crippen LogP contribution in [0.5, 0.6) is 0 Å². The van der Waals surface area contributed by atoms with E-state index >= 15 is 0 Å². The molecule has 0 saturated carbocycles. The van der Waals surface area contributed by atoms with Crippen LogP contribution in [0, 0.1) is 0 Å². The average Bonchev–Trinajstić information content (AvgIpc) is 2.92. The Morgan fingerprint density at radius 3 is 2.20 bits per heavy atom. The number of ether oxygens (including phenoxy) is 1. The van der Waals surface area contributed by atoms with Crippen LogP contribution in [-0.2, 0) is 14.0 Å². The molecule has 0 atom stereocenters. The van der Waals surface area contributed by atoms with Gasteiger partial charge in [0.25, 0.3) is 0 Å². The van der Waals surface area contributed by atoms with Crippen molar-refractivity contribution in [2.24, 2.45) is 0 Å². The number of carbonyl (C=O) groups excluding carboxylic acids is 1. The second-order valence-electron chi connectivity index (χ2n) is 8.53. The maximum absolute atomic E-state index is 12.9. The summed E-state index contributed by atoms with van der Waals surface area (Å²) in [4.78, 5) is 12.9. The molecule has 0 N–H and O–H groups in total. The van der Waals surface area contributed by atoms with Crippen molar-refractivity contribution < 1.29 is 18.8 Å². The number of hydrogen-bond donors (Lipinski definition) is 0. The van der Waals surface area contributed by atoms with E-state index in [2.05, 4.69) is 0 Å². The number of carbonyl (C=O) groups is 1. The standard InChI is InChI=1S/C19H26BNO4/c1-17(2,3)23-16(22)21-14-11-9-8-10-13(14)12-15(21)20-24-18(4,5)19(6,7)25-20/h8-12H,1-7H3. The number of para-hydroxylation sites is 1. The van der Waals surface area contributed by atoms with Crippen LogP contribution < -0.4 is 5.59 Å². The molecule has 2 aromatic rings. The van der Waals surface area contributed by atoms with Gasteiger partial charge in [-0.2, -0.15) is 0 Å². The zero-order valence-electron chi connectivity index (χ0n) is 16.0. The van der Waals surface area contributed by atoms with Crippen LogP contribution >= 0.6 is 0 Å². The smallest absolute Gasteiger partial charge is 0.443 e. The van der Waals surface area contributed by atoms with E-state index in [4.69, 9.17) is 14.0 Å². The minimum atomic E-state index is -0.634. The van der Waals surface area contributed by atoms with Gasteiger partial charge in [0.05, 0.1) is 22.3 Å². The molecule has 0 radical (unpaired) electrons. The summed E-state index contributed by atoms with van der Waals surface area (Å²) in [6.07, 6.45) is -0.432. The number of nitrogens with zero attached hydrogens (tertiary/aromatic N) is 1. The number of hydrogen-bond acceptors (Lipinski definition) is 4. The summed E-state index contributed by atoms with van der Waals surface area (Å²) in [5.74, 6) is 0. The summed E-state index contributed by atoms with van der Waals surface area (Å²) < 4.78 is 19.5. The Hall–Kier alpha value is -1.79. The minimum absolute atomic E-state index is 0.432. The molecule has 1 aliphatic rings. The Labute approximate surface area is 149 Å². The van der Waals surface area contributed by atoms with Crippen molar-refractivity contribution in [2.75, 3.05) is 0 Å². The van der Waals surface area contributed by atoms with Gasteiger partial charge in [0.15, 0.2) is 0 Å². The summed E-state index contributed by atoms with van der Waals surface area (Å²) in [6.45, 7) is 13.5. The van der Waals surface area contributed by atoms with Crippen molar-refractivity contribution in [3.8, 4) is 0 Å². The van der Waals surface area contributed by atoms with Gasteiger partial charge >= 0.3 is 13.2 Å². The van der Waals surface area contributed by atoms with E-state index in [0.717, 1.165) is 10.9 Å². The van der Waals surface area contributed by atoms with Crippen LogP contribution in [0.4, 0.5) is 4.79 Å². The maximum atomic E-state index is 12.9. The van der Waals surface area contributed by atoms with Crippen LogP contribution in [-0.4, -0.2) is 34.6 Å². The second kappa shape index (κ2) is 5.61. The van der Waals surface area contributed by atoms with E-state index in [1.165, 1.54) is 0 Å². The minimum Gasteiger partial charge on any atom is -0.443 e. The predicted molar refractivity (Wildman–Crippen MR) is 99.3 cm³/mol. The van der Waals surface area contributed by atoms with Crippen LogP contribution in [0.15, 0.2) is 30.3 Å². The number of rotatable bonds is 1. The molecular weight excluding hydrogens is 317 g/mol. The third-order valence-corrected chi connectivity index (χ3v) is 4.81. The molecule has 1 fully saturated rings. The van der Waals surface area contributed by atoms with E-state index < -0.39 is 30.0 Å². The Kier molecular flexibility index (Phi) is 4.04. The monoisotopic (exact) mass is 343 g/mol. The first-order valence-electron chi connectivity index (χ1n) is 8.61. The fraction of sp³-hybridized carbons (Fsp3) is 0.526. The Morgan fingerprint density at radius 2 is 1.64 bits per heavy atom. The van der Waals surface area contributed by atoms with Crippen molar-refractivity contribution in [3.05, 3.63) is 30.3 Å². The lowest BCUT2D eigenvalue weighted by atomic mass is 9.84. The third-order valence-electron chi connectivity index (χ3n) is 4.81. The van der Waals surface area contributed by atoms with Gasteiger partial charge in [0, 0.05) is 0 Å². The van der Waals surface area contributed by atoms with E-state index in [0.29, 0.717) is 5.59 Å². The van der Waals surface area contributed by atoms with Crippen molar-refractivity contribution in [3.63, 3.8) is 0 Å². The predicted octanol–water partition coefficient (Wildman–Crippen LogP) is 3.72. The molecule has 1 aromatic heterocycles. The zero-order valence-corrected chi connectivity index (χ0v) is 16.0. The SMILES string of the molecule is CC(C)(C)OC(=O)n1c(B2OC(C)(C)C(C)(C)O2)cc2ccccc21. The van der Waals surface area contributed by atoms with Gasteiger partial charge in [-0.3, -0.25) is 4.57 Å². The first kappa shape index (κ1) is 18.0. The van der Waals surface area contributed by atoms with E-state index in [9.17, 15) is 4.79 Å². The number of aromatic nitrogens is 1. The summed E-state index contributed by atoms with van der Waals surface area (Å²) in [5.41, 5.74) is -0.120. The molecule has 0 aliphatic carbocycles. The van der Waals surface area contributed by atoms with Gasteiger partial charge in [0.2, 0.25) is 0 Å². The van der Waals surface area contributed by atoms with Gasteiger partial charge in [-0.1, -0.05) is 18.2 Å². The van der Waals surface area contributed by atoms with Crippen molar-refractivity contribution in [1.82, 2.24) is 4.57 Å². The van der Waals surface area contributed by atoms with Gasteiger partial charge < -0.3 is 14.0 Å². The molecule has 5 nitrogen and oxygen atoms in total. The van der Waals surface area contributed by atoms with Crippen LogP contribution in [0.2, 0.25) is 0 Å². The van der Waals surface area contributed by atoms with E-state index in [1.807, 2.05) is 78.8 Å². The largest absolute Gasteiger partial charge is 0.513 e. The van der Waals surface area contributed by atoms with Gasteiger partial charge in [-0.25, -0.2) is 4.79 Å².